The Morgan fingerprint density at radius 3 is 1.73 bits per heavy atom. The van der Waals surface area contributed by atoms with Crippen molar-refractivity contribution in [1.29, 1.82) is 0 Å². The fourth-order valence-electron chi connectivity index (χ4n) is 3.77. The van der Waals surface area contributed by atoms with E-state index in [1.54, 1.807) is 0 Å². The van der Waals surface area contributed by atoms with E-state index in [1.165, 1.54) is 5.56 Å². The van der Waals surface area contributed by atoms with Gasteiger partial charge in [0.05, 0.1) is 45.1 Å². The Bertz CT molecular complexity index is 788. The number of aliphatic hydroxyl groups is 1. The highest BCUT2D eigenvalue weighted by Gasteiger charge is 2.44. The van der Waals surface area contributed by atoms with Gasteiger partial charge in [0.1, 0.15) is 18.8 Å². The van der Waals surface area contributed by atoms with E-state index in [4.69, 9.17) is 18.9 Å². The highest BCUT2D eigenvalue weighted by atomic mass is 16.7. The number of aliphatic hydroxyl groups excluding tert-OH is 1. The number of ether oxygens (including phenoxy) is 4. The van der Waals surface area contributed by atoms with Crippen molar-refractivity contribution in [3.63, 3.8) is 0 Å². The van der Waals surface area contributed by atoms with Gasteiger partial charge in [0.25, 0.3) is 0 Å². The van der Waals surface area contributed by atoms with E-state index in [0.29, 0.717) is 32.0 Å². The molecule has 6 nitrogen and oxygen atoms in total. The minimum Gasteiger partial charge on any atom is -0.390 e. The maximum atomic E-state index is 11.2. The summed E-state index contributed by atoms with van der Waals surface area (Å²) in [5.74, 6) is 0.346. The number of ketones is 1. The van der Waals surface area contributed by atoms with Crippen LogP contribution in [0.5, 0.6) is 0 Å². The van der Waals surface area contributed by atoms with Gasteiger partial charge < -0.3 is 24.1 Å². The number of fused-ring (bicyclic) bond motifs is 1. The highest BCUT2D eigenvalue weighted by molar-refractivity contribution is 5.88. The molecule has 4 heterocycles. The predicted molar refractivity (Wildman–Crippen MR) is 110 cm³/mol. The van der Waals surface area contributed by atoms with Gasteiger partial charge in [-0.2, -0.15) is 0 Å². The Kier molecular flexibility index (Phi) is 7.25. The Labute approximate surface area is 176 Å². The molecule has 4 aliphatic rings. The number of hydrogen-bond acceptors (Lipinski definition) is 6. The molecule has 1 N–H and O–H groups in total. The summed E-state index contributed by atoms with van der Waals surface area (Å²) in [5.41, 5.74) is 2.24. The molecule has 4 fully saturated rings. The molecule has 30 heavy (non-hydrogen) atoms. The van der Waals surface area contributed by atoms with Crippen molar-refractivity contribution in [3.05, 3.63) is 71.8 Å². The van der Waals surface area contributed by atoms with Crippen LogP contribution in [0.1, 0.15) is 23.0 Å². The van der Waals surface area contributed by atoms with Crippen molar-refractivity contribution in [3.8, 4) is 0 Å². The number of carbonyl (C=O) groups excluding carboxylic acids is 1. The van der Waals surface area contributed by atoms with Crippen LogP contribution in [0.25, 0.3) is 0 Å². The van der Waals surface area contributed by atoms with Gasteiger partial charge in [0, 0.05) is 5.92 Å². The third kappa shape index (κ3) is 5.53. The van der Waals surface area contributed by atoms with E-state index in [-0.39, 0.29) is 30.3 Å². The van der Waals surface area contributed by atoms with Gasteiger partial charge in [-0.15, -0.1) is 0 Å². The summed E-state index contributed by atoms with van der Waals surface area (Å²) in [6.45, 7) is 3.61. The maximum absolute atomic E-state index is 11.2. The van der Waals surface area contributed by atoms with Gasteiger partial charge in [-0.1, -0.05) is 60.7 Å². The molecule has 6 heteroatoms. The predicted octanol–water partition coefficient (Wildman–Crippen LogP) is 2.31. The minimum absolute atomic E-state index is 0.0220. The highest BCUT2D eigenvalue weighted by Crippen LogP contribution is 2.27. The number of Topliss-reactive ketones (excluding diaryl/α,β-unsaturated/α-hetero) is 1. The van der Waals surface area contributed by atoms with Crippen LogP contribution in [0.4, 0.5) is 0 Å². The fraction of sp³-hybridized carbons (Fsp3) is 0.458. The molecule has 5 atom stereocenters. The summed E-state index contributed by atoms with van der Waals surface area (Å²) in [6.07, 6.45) is 0.655. The zero-order valence-corrected chi connectivity index (χ0v) is 16.9. The SMILES string of the molecule is C1OCC2OC12.O=C1COCC1c1ccccc1.O[C@H]1COC[C@@H]1c1ccccc1. The van der Waals surface area contributed by atoms with E-state index in [0.717, 1.165) is 18.8 Å². The summed E-state index contributed by atoms with van der Waals surface area (Å²) >= 11 is 0. The fourth-order valence-corrected chi connectivity index (χ4v) is 3.77. The van der Waals surface area contributed by atoms with Crippen LogP contribution in [0.3, 0.4) is 0 Å². The first-order valence-corrected chi connectivity index (χ1v) is 10.4. The van der Waals surface area contributed by atoms with Gasteiger partial charge in [0.2, 0.25) is 0 Å². The number of rotatable bonds is 2. The number of hydrogen-bond donors (Lipinski definition) is 1. The molecule has 0 aromatic heterocycles. The lowest BCUT2D eigenvalue weighted by Gasteiger charge is -2.11. The molecule has 2 aromatic carbocycles. The molecule has 0 spiro atoms. The molecule has 4 saturated heterocycles. The second-order valence-corrected chi connectivity index (χ2v) is 7.82. The van der Waals surface area contributed by atoms with Crippen LogP contribution in [0, 0.1) is 0 Å². The lowest BCUT2D eigenvalue weighted by Crippen LogP contribution is -2.15. The second kappa shape index (κ2) is 10.3. The van der Waals surface area contributed by atoms with Crippen molar-refractivity contribution in [2.45, 2.75) is 30.1 Å². The molecule has 160 valence electrons. The number of carbonyl (C=O) groups is 1. The molecule has 4 aliphatic heterocycles. The third-order valence-corrected chi connectivity index (χ3v) is 5.65. The standard InChI is InChI=1S/C10H12O2.C10H10O2.C4H6O2/c2*11-10-7-12-6-9(10)8-4-2-1-3-5-8;1-3-4(6-3)2-5-1/h1-5,9-11H,6-7H2;1-5,9H,6-7H2;3-4H,1-2H2/t9-,10+;;/m1../s1. The third-order valence-electron chi connectivity index (χ3n) is 5.65. The molecule has 2 aromatic rings. The van der Waals surface area contributed by atoms with Crippen LogP contribution in [-0.4, -0.2) is 68.8 Å². The molecule has 0 radical (unpaired) electrons. The first-order chi connectivity index (χ1) is 14.7. The van der Waals surface area contributed by atoms with Crippen LogP contribution in [-0.2, 0) is 23.7 Å². The Balaban J connectivity index is 0.000000115. The average molecular weight is 412 g/mol. The molecular weight excluding hydrogens is 384 g/mol. The first-order valence-electron chi connectivity index (χ1n) is 10.4. The Morgan fingerprint density at radius 2 is 1.30 bits per heavy atom. The van der Waals surface area contributed by atoms with E-state index in [2.05, 4.69) is 0 Å². The molecule has 0 saturated carbocycles. The molecule has 0 bridgehead atoms. The van der Waals surface area contributed by atoms with Gasteiger partial charge in [-0.05, 0) is 11.1 Å². The van der Waals surface area contributed by atoms with Crippen molar-refractivity contribution in [1.82, 2.24) is 0 Å². The van der Waals surface area contributed by atoms with Crippen LogP contribution < -0.4 is 0 Å². The largest absolute Gasteiger partial charge is 0.390 e. The van der Waals surface area contributed by atoms with Crippen molar-refractivity contribution in [2.24, 2.45) is 0 Å². The minimum atomic E-state index is -0.326. The van der Waals surface area contributed by atoms with Crippen LogP contribution >= 0.6 is 0 Å². The molecule has 0 amide bonds. The van der Waals surface area contributed by atoms with Gasteiger partial charge in [-0.25, -0.2) is 0 Å². The lowest BCUT2D eigenvalue weighted by molar-refractivity contribution is -0.118. The monoisotopic (exact) mass is 412 g/mol. The van der Waals surface area contributed by atoms with E-state index < -0.39 is 0 Å². The Morgan fingerprint density at radius 1 is 0.700 bits per heavy atom. The molecular formula is C24H28O6. The average Bonchev–Trinajstić information content (AvgIpc) is 3.15. The van der Waals surface area contributed by atoms with E-state index >= 15 is 0 Å². The van der Waals surface area contributed by atoms with Crippen molar-refractivity contribution < 1.29 is 28.8 Å². The number of epoxide rings is 1. The molecule has 0 aliphatic carbocycles. The topological polar surface area (TPSA) is 77.5 Å². The summed E-state index contributed by atoms with van der Waals surface area (Å²) in [7, 11) is 0. The normalized spacial score (nSPS) is 31.2. The van der Waals surface area contributed by atoms with Gasteiger partial charge in [0.15, 0.2) is 5.78 Å². The smallest absolute Gasteiger partial charge is 0.168 e. The van der Waals surface area contributed by atoms with Crippen molar-refractivity contribution >= 4 is 5.78 Å². The summed E-state index contributed by atoms with van der Waals surface area (Å²) < 4.78 is 20.3. The summed E-state index contributed by atoms with van der Waals surface area (Å²) in [6, 6.07) is 19.8. The van der Waals surface area contributed by atoms with Gasteiger partial charge in [-0.3, -0.25) is 4.79 Å². The van der Waals surface area contributed by atoms with Crippen molar-refractivity contribution in [2.75, 3.05) is 39.6 Å². The van der Waals surface area contributed by atoms with E-state index in [1.807, 2.05) is 60.7 Å². The van der Waals surface area contributed by atoms with E-state index in [9.17, 15) is 9.90 Å². The lowest BCUT2D eigenvalue weighted by atomic mass is 9.97. The zero-order valence-electron chi connectivity index (χ0n) is 16.9. The number of benzene rings is 2. The molecule has 6 rings (SSSR count). The van der Waals surface area contributed by atoms with Crippen LogP contribution in [0.15, 0.2) is 60.7 Å². The molecule has 3 unspecified atom stereocenters. The quantitative estimate of drug-likeness (QED) is 0.763. The summed E-state index contributed by atoms with van der Waals surface area (Å²) in [5, 5.41) is 9.52. The Hall–Kier alpha value is -2.09. The second-order valence-electron chi connectivity index (χ2n) is 7.82. The van der Waals surface area contributed by atoms with Crippen LogP contribution in [0.2, 0.25) is 0 Å². The van der Waals surface area contributed by atoms with Gasteiger partial charge >= 0.3 is 0 Å². The first kappa shape index (κ1) is 21.2. The summed E-state index contributed by atoms with van der Waals surface area (Å²) in [4.78, 5) is 11.2. The maximum Gasteiger partial charge on any atom is 0.168 e. The zero-order chi connectivity index (χ0) is 20.8.